The average molecular weight is 1270 g/mol. The maximum Gasteiger partial charge on any atom is 0.0641 e. The fourth-order valence-corrected chi connectivity index (χ4v) is 15.7. The molecule has 13 aromatic carbocycles. The van der Waals surface area contributed by atoms with E-state index in [4.69, 9.17) is 0 Å². The van der Waals surface area contributed by atoms with E-state index >= 15 is 0 Å². The van der Waals surface area contributed by atoms with Gasteiger partial charge in [-0.15, -0.1) is 0 Å². The summed E-state index contributed by atoms with van der Waals surface area (Å²) in [5.41, 5.74) is 28.6. The Bertz CT molecular complexity index is 5530. The number of anilines is 6. The van der Waals surface area contributed by atoms with Crippen molar-refractivity contribution in [3.8, 4) is 44.5 Å². The van der Waals surface area contributed by atoms with Crippen molar-refractivity contribution in [3.05, 3.63) is 301 Å². The number of hydrogen-bond acceptors (Lipinski definition) is 2. The summed E-state index contributed by atoms with van der Waals surface area (Å²) in [6.45, 7) is 27.7. The first-order chi connectivity index (χ1) is 47.2. The van der Waals surface area contributed by atoms with Gasteiger partial charge in [-0.3, -0.25) is 0 Å². The molecule has 0 aliphatic rings. The largest absolute Gasteiger partial charge is 0.309 e. The summed E-state index contributed by atoms with van der Waals surface area (Å²) in [4.78, 5) is 5.10. The van der Waals surface area contributed by atoms with E-state index in [2.05, 4.69) is 381 Å². The Morgan fingerprint density at radius 3 is 0.888 bits per heavy atom. The number of aromatic nitrogens is 2. The highest BCUT2D eigenvalue weighted by Gasteiger charge is 2.31. The molecule has 0 N–H and O–H groups in total. The molecule has 17 aromatic rings. The second-order valence-electron chi connectivity index (χ2n) is 31.4. The van der Waals surface area contributed by atoms with Crippen molar-refractivity contribution < 1.29 is 0 Å². The van der Waals surface area contributed by atoms with Crippen LogP contribution in [0.25, 0.3) is 121 Å². The molecule has 98 heavy (non-hydrogen) atoms. The molecule has 4 heteroatoms. The summed E-state index contributed by atoms with van der Waals surface area (Å²) in [6, 6.07) is 106. The van der Waals surface area contributed by atoms with Crippen molar-refractivity contribution in [2.24, 2.45) is 0 Å². The van der Waals surface area contributed by atoms with E-state index in [9.17, 15) is 0 Å². The highest BCUT2D eigenvalue weighted by molar-refractivity contribution is 6.32. The third-order valence-electron chi connectivity index (χ3n) is 21.0. The lowest BCUT2D eigenvalue weighted by Crippen LogP contribution is -2.15. The minimum absolute atomic E-state index is 0.0196. The molecule has 0 amide bonds. The molecule has 17 rings (SSSR count). The van der Waals surface area contributed by atoms with Gasteiger partial charge in [-0.2, -0.15) is 0 Å². The first kappa shape index (κ1) is 60.7. The molecule has 0 atom stereocenters. The van der Waals surface area contributed by atoms with E-state index in [1.54, 1.807) is 0 Å². The van der Waals surface area contributed by atoms with Gasteiger partial charge in [-0.05, 0) is 162 Å². The van der Waals surface area contributed by atoms with Gasteiger partial charge in [0.05, 0.1) is 55.8 Å². The summed E-state index contributed by atoms with van der Waals surface area (Å²) < 4.78 is 5.17. The van der Waals surface area contributed by atoms with Crippen LogP contribution in [0.4, 0.5) is 34.1 Å². The van der Waals surface area contributed by atoms with Crippen LogP contribution >= 0.6 is 0 Å². The van der Waals surface area contributed by atoms with Gasteiger partial charge in [0.25, 0.3) is 0 Å². The Labute approximate surface area is 576 Å². The number of fused-ring (bicyclic) bond motifs is 12. The third-order valence-corrected chi connectivity index (χ3v) is 21.0. The van der Waals surface area contributed by atoms with Crippen LogP contribution < -0.4 is 9.80 Å². The van der Waals surface area contributed by atoms with Gasteiger partial charge in [0.1, 0.15) is 0 Å². The van der Waals surface area contributed by atoms with Crippen molar-refractivity contribution in [2.45, 2.75) is 105 Å². The van der Waals surface area contributed by atoms with Gasteiger partial charge >= 0.3 is 0 Å². The van der Waals surface area contributed by atoms with Gasteiger partial charge in [0, 0.05) is 65.6 Å². The zero-order chi connectivity index (χ0) is 67.3. The molecule has 478 valence electrons. The van der Waals surface area contributed by atoms with Crippen LogP contribution in [0.3, 0.4) is 0 Å². The molecule has 0 fully saturated rings. The lowest BCUT2D eigenvalue weighted by atomic mass is 9.83. The topological polar surface area (TPSA) is 15.3 Å². The summed E-state index contributed by atoms with van der Waals surface area (Å²) in [5.74, 6) is 0. The second kappa shape index (κ2) is 22.3. The quantitative estimate of drug-likeness (QED) is 0.136. The molecular weight excluding hydrogens is 1190 g/mol. The van der Waals surface area contributed by atoms with E-state index < -0.39 is 0 Å². The Kier molecular flexibility index (Phi) is 13.8. The molecule has 4 aromatic heterocycles. The summed E-state index contributed by atoms with van der Waals surface area (Å²) in [5, 5.41) is 9.82. The van der Waals surface area contributed by atoms with Crippen molar-refractivity contribution in [2.75, 3.05) is 9.80 Å². The monoisotopic (exact) mass is 1270 g/mol. The van der Waals surface area contributed by atoms with E-state index in [1.807, 2.05) is 0 Å². The minimum atomic E-state index is -0.0750. The Hall–Kier alpha value is -10.9. The highest BCUT2D eigenvalue weighted by Crippen LogP contribution is 2.54. The lowest BCUT2D eigenvalue weighted by molar-refractivity contribution is 0.589. The standard InChI is InChI=1S/C94H82N4/c1-91(2,3)65-39-31-63(32-40-65)75-55-67(93(7,8)9)43-51-81(75)95(69-45-35-61(36-46-69)59-23-15-13-16-24-59)83-53-49-71-77-57-86-78(58-85(77)97-79-29-21-19-27-73(79)87(83)89(71)97)72-50-54-84(88-74-28-20-22-30-80(74)98(86)90(72)88)96(70-47-37-62(38-48-70)60-25-17-14-18-26-60)82-52-44-68(94(10,11)12)56-76(82)64-33-41-66(42-34-64)92(4,5)6/h13-58H,1-12H3. The van der Waals surface area contributed by atoms with Crippen LogP contribution in [0, 0.1) is 0 Å². The third kappa shape index (κ3) is 9.85. The zero-order valence-electron chi connectivity index (χ0n) is 58.3. The number of hydrogen-bond donors (Lipinski definition) is 0. The fraction of sp³-hybridized carbons (Fsp3) is 0.170. The van der Waals surface area contributed by atoms with Crippen LogP contribution in [-0.2, 0) is 21.7 Å². The van der Waals surface area contributed by atoms with Crippen molar-refractivity contribution >= 4 is 110 Å². The van der Waals surface area contributed by atoms with Crippen molar-refractivity contribution in [1.29, 1.82) is 0 Å². The van der Waals surface area contributed by atoms with Crippen LogP contribution in [0.2, 0.25) is 0 Å². The normalized spacial score (nSPS) is 12.7. The fourth-order valence-electron chi connectivity index (χ4n) is 15.7. The second-order valence-corrected chi connectivity index (χ2v) is 31.4. The molecule has 0 aliphatic heterocycles. The SMILES string of the molecule is CC(C)(C)c1ccc(-c2cc(C(C)(C)C)ccc2N(c2ccc(-c3ccccc3)cc2)c2ccc3c4cc5c(cc4n4c6ccccc6c2c34)c2ccc(N(c3ccc(-c4ccccc4)cc3)c3ccc(C(C)(C)C)cc3-c3ccc(C(C)(C)C)cc3)c3c4ccccc4n5c23)cc1. The predicted octanol–water partition coefficient (Wildman–Crippen LogP) is 26.8. The maximum atomic E-state index is 2.58. The molecule has 0 radical (unpaired) electrons. The van der Waals surface area contributed by atoms with Gasteiger partial charge in [-0.1, -0.05) is 277 Å². The zero-order valence-corrected chi connectivity index (χ0v) is 58.3. The Morgan fingerprint density at radius 1 is 0.224 bits per heavy atom. The van der Waals surface area contributed by atoms with Crippen LogP contribution in [0.1, 0.15) is 105 Å². The lowest BCUT2D eigenvalue weighted by Gasteiger charge is -2.31. The van der Waals surface area contributed by atoms with E-state index in [0.717, 1.165) is 34.1 Å². The van der Waals surface area contributed by atoms with Crippen LogP contribution in [0.15, 0.2) is 279 Å². The molecule has 4 nitrogen and oxygen atoms in total. The van der Waals surface area contributed by atoms with Crippen LogP contribution in [0.5, 0.6) is 0 Å². The van der Waals surface area contributed by atoms with Crippen molar-refractivity contribution in [3.63, 3.8) is 0 Å². The van der Waals surface area contributed by atoms with Gasteiger partial charge in [-0.25, -0.2) is 0 Å². The summed E-state index contributed by atoms with van der Waals surface area (Å²) >= 11 is 0. The number of para-hydroxylation sites is 2. The molecule has 0 bridgehead atoms. The van der Waals surface area contributed by atoms with E-state index in [1.165, 1.54) is 143 Å². The maximum absolute atomic E-state index is 2.58. The molecular formula is C94H82N4. The molecule has 0 spiro atoms. The molecule has 0 unspecified atom stereocenters. The number of nitrogens with zero attached hydrogens (tertiary/aromatic N) is 4. The van der Waals surface area contributed by atoms with Gasteiger partial charge < -0.3 is 18.6 Å². The summed E-state index contributed by atoms with van der Waals surface area (Å²) in [7, 11) is 0. The Morgan fingerprint density at radius 2 is 0.531 bits per heavy atom. The molecule has 0 aliphatic carbocycles. The van der Waals surface area contributed by atoms with Crippen LogP contribution in [-0.4, -0.2) is 8.80 Å². The minimum Gasteiger partial charge on any atom is -0.309 e. The molecule has 0 saturated carbocycles. The number of benzene rings is 13. The summed E-state index contributed by atoms with van der Waals surface area (Å²) in [6.07, 6.45) is 0. The highest BCUT2D eigenvalue weighted by atomic mass is 15.2. The van der Waals surface area contributed by atoms with E-state index in [-0.39, 0.29) is 21.7 Å². The van der Waals surface area contributed by atoms with Gasteiger partial charge in [0.2, 0.25) is 0 Å². The smallest absolute Gasteiger partial charge is 0.0641 e. The first-order valence-electron chi connectivity index (χ1n) is 34.9. The molecule has 0 saturated heterocycles. The van der Waals surface area contributed by atoms with Gasteiger partial charge in [0.15, 0.2) is 0 Å². The Balaban J connectivity index is 0.907. The predicted molar refractivity (Wildman–Crippen MR) is 422 cm³/mol. The van der Waals surface area contributed by atoms with E-state index in [0.29, 0.717) is 0 Å². The first-order valence-corrected chi connectivity index (χ1v) is 34.9. The molecule has 4 heterocycles. The number of rotatable bonds is 10. The average Bonchev–Trinajstić information content (AvgIpc) is 1.51. The van der Waals surface area contributed by atoms with Crippen molar-refractivity contribution in [1.82, 2.24) is 8.80 Å².